The van der Waals surface area contributed by atoms with Gasteiger partial charge >= 0.3 is 0 Å². The SMILES string of the molecule is Cc1ccccc1CN(C)CC(C)C(=N)N. The van der Waals surface area contributed by atoms with Crippen molar-refractivity contribution < 1.29 is 0 Å². The number of hydrogen-bond donors (Lipinski definition) is 2. The summed E-state index contributed by atoms with van der Waals surface area (Å²) in [4.78, 5) is 2.20. The lowest BCUT2D eigenvalue weighted by Gasteiger charge is -2.21. The number of nitrogens with one attached hydrogen (secondary N) is 1. The fourth-order valence-corrected chi connectivity index (χ4v) is 1.71. The third-order valence-electron chi connectivity index (χ3n) is 2.82. The summed E-state index contributed by atoms with van der Waals surface area (Å²) in [6.45, 7) is 5.84. The Morgan fingerprint density at radius 3 is 2.62 bits per heavy atom. The molecule has 0 saturated carbocycles. The smallest absolute Gasteiger partial charge is 0.0947 e. The molecule has 3 heteroatoms. The molecule has 16 heavy (non-hydrogen) atoms. The maximum absolute atomic E-state index is 7.37. The first kappa shape index (κ1) is 12.7. The molecule has 0 aliphatic rings. The van der Waals surface area contributed by atoms with Crippen molar-refractivity contribution in [3.05, 3.63) is 35.4 Å². The quantitative estimate of drug-likeness (QED) is 0.588. The molecular weight excluding hydrogens is 198 g/mol. The van der Waals surface area contributed by atoms with Gasteiger partial charge in [0.15, 0.2) is 0 Å². The van der Waals surface area contributed by atoms with Crippen LogP contribution >= 0.6 is 0 Å². The molecule has 0 spiro atoms. The Labute approximate surface area is 97.8 Å². The summed E-state index contributed by atoms with van der Waals surface area (Å²) in [5, 5.41) is 7.37. The molecule has 0 aliphatic carbocycles. The zero-order valence-electron chi connectivity index (χ0n) is 10.3. The number of hydrogen-bond acceptors (Lipinski definition) is 2. The molecule has 1 atom stereocenters. The molecule has 1 rings (SSSR count). The van der Waals surface area contributed by atoms with Crippen molar-refractivity contribution in [3.63, 3.8) is 0 Å². The minimum absolute atomic E-state index is 0.119. The van der Waals surface area contributed by atoms with Crippen molar-refractivity contribution in [2.75, 3.05) is 13.6 Å². The largest absolute Gasteiger partial charge is 0.387 e. The van der Waals surface area contributed by atoms with Gasteiger partial charge in [-0.1, -0.05) is 31.2 Å². The highest BCUT2D eigenvalue weighted by Gasteiger charge is 2.09. The molecule has 0 bridgehead atoms. The van der Waals surface area contributed by atoms with Gasteiger partial charge in [-0.2, -0.15) is 0 Å². The van der Waals surface area contributed by atoms with Crippen LogP contribution in [0.4, 0.5) is 0 Å². The van der Waals surface area contributed by atoms with Crippen LogP contribution in [0.25, 0.3) is 0 Å². The zero-order valence-corrected chi connectivity index (χ0v) is 10.3. The molecule has 0 aromatic heterocycles. The van der Waals surface area contributed by atoms with Gasteiger partial charge < -0.3 is 10.6 Å². The van der Waals surface area contributed by atoms with Crippen molar-refractivity contribution in [1.82, 2.24) is 4.90 Å². The Morgan fingerprint density at radius 1 is 1.44 bits per heavy atom. The van der Waals surface area contributed by atoms with Crippen molar-refractivity contribution in [2.45, 2.75) is 20.4 Å². The van der Waals surface area contributed by atoms with Gasteiger partial charge in [-0.15, -0.1) is 0 Å². The highest BCUT2D eigenvalue weighted by atomic mass is 15.1. The molecule has 3 nitrogen and oxygen atoms in total. The van der Waals surface area contributed by atoms with Crippen LogP contribution in [0.2, 0.25) is 0 Å². The fourth-order valence-electron chi connectivity index (χ4n) is 1.71. The molecule has 0 heterocycles. The van der Waals surface area contributed by atoms with E-state index in [9.17, 15) is 0 Å². The van der Waals surface area contributed by atoms with Crippen LogP contribution in [0.15, 0.2) is 24.3 Å². The lowest BCUT2D eigenvalue weighted by Crippen LogP contribution is -2.31. The first-order chi connectivity index (χ1) is 7.50. The molecule has 0 amide bonds. The number of rotatable bonds is 5. The molecule has 0 fully saturated rings. The van der Waals surface area contributed by atoms with Crippen LogP contribution in [0.5, 0.6) is 0 Å². The summed E-state index contributed by atoms with van der Waals surface area (Å²) in [6, 6.07) is 8.38. The molecule has 0 saturated heterocycles. The van der Waals surface area contributed by atoms with E-state index in [4.69, 9.17) is 11.1 Å². The van der Waals surface area contributed by atoms with Crippen LogP contribution in [-0.2, 0) is 6.54 Å². The Bertz CT molecular complexity index is 360. The Balaban J connectivity index is 2.55. The van der Waals surface area contributed by atoms with E-state index in [1.807, 2.05) is 6.92 Å². The summed E-state index contributed by atoms with van der Waals surface area (Å²) in [5.41, 5.74) is 8.11. The van der Waals surface area contributed by atoms with E-state index >= 15 is 0 Å². The molecule has 88 valence electrons. The molecule has 0 radical (unpaired) electrons. The fraction of sp³-hybridized carbons (Fsp3) is 0.462. The Morgan fingerprint density at radius 2 is 2.06 bits per heavy atom. The normalized spacial score (nSPS) is 12.8. The second-order valence-electron chi connectivity index (χ2n) is 4.48. The summed E-state index contributed by atoms with van der Waals surface area (Å²) in [7, 11) is 2.06. The Kier molecular flexibility index (Phi) is 4.50. The van der Waals surface area contributed by atoms with E-state index < -0.39 is 0 Å². The van der Waals surface area contributed by atoms with Gasteiger partial charge in [-0.05, 0) is 25.1 Å². The third kappa shape index (κ3) is 3.66. The molecule has 1 aromatic carbocycles. The standard InChI is InChI=1S/C13H21N3/c1-10-6-4-5-7-12(10)9-16(3)8-11(2)13(14)15/h4-7,11H,8-9H2,1-3H3,(H3,14,15). The highest BCUT2D eigenvalue weighted by Crippen LogP contribution is 2.10. The lowest BCUT2D eigenvalue weighted by atomic mass is 10.1. The van der Waals surface area contributed by atoms with Gasteiger partial charge in [0.2, 0.25) is 0 Å². The number of amidine groups is 1. The van der Waals surface area contributed by atoms with Crippen LogP contribution in [0, 0.1) is 18.3 Å². The van der Waals surface area contributed by atoms with Gasteiger partial charge in [0.25, 0.3) is 0 Å². The van der Waals surface area contributed by atoms with E-state index in [0.29, 0.717) is 0 Å². The van der Waals surface area contributed by atoms with Crippen molar-refractivity contribution in [1.29, 1.82) is 5.41 Å². The second kappa shape index (κ2) is 5.66. The molecule has 1 unspecified atom stereocenters. The van der Waals surface area contributed by atoms with Crippen LogP contribution in [-0.4, -0.2) is 24.3 Å². The average molecular weight is 219 g/mol. The number of aryl methyl sites for hydroxylation is 1. The van der Waals surface area contributed by atoms with E-state index in [0.717, 1.165) is 13.1 Å². The van der Waals surface area contributed by atoms with Crippen LogP contribution in [0.3, 0.4) is 0 Å². The van der Waals surface area contributed by atoms with Gasteiger partial charge in [0.05, 0.1) is 5.84 Å². The summed E-state index contributed by atoms with van der Waals surface area (Å²) in [5.74, 6) is 0.380. The van der Waals surface area contributed by atoms with E-state index in [1.54, 1.807) is 0 Å². The number of nitrogens with two attached hydrogens (primary N) is 1. The minimum Gasteiger partial charge on any atom is -0.387 e. The predicted octanol–water partition coefficient (Wildman–Crippen LogP) is 2.00. The lowest BCUT2D eigenvalue weighted by molar-refractivity contribution is 0.306. The first-order valence-electron chi connectivity index (χ1n) is 5.57. The van der Waals surface area contributed by atoms with Crippen LogP contribution < -0.4 is 5.73 Å². The predicted molar refractivity (Wildman–Crippen MR) is 68.6 cm³/mol. The summed E-state index contributed by atoms with van der Waals surface area (Å²) >= 11 is 0. The Hall–Kier alpha value is -1.35. The summed E-state index contributed by atoms with van der Waals surface area (Å²) < 4.78 is 0. The maximum atomic E-state index is 7.37. The monoisotopic (exact) mass is 219 g/mol. The molecule has 1 aromatic rings. The van der Waals surface area contributed by atoms with Crippen molar-refractivity contribution in [2.24, 2.45) is 11.7 Å². The first-order valence-corrected chi connectivity index (χ1v) is 5.57. The number of nitrogens with zero attached hydrogens (tertiary/aromatic N) is 1. The van der Waals surface area contributed by atoms with Crippen LogP contribution in [0.1, 0.15) is 18.1 Å². The van der Waals surface area contributed by atoms with Gasteiger partial charge in [0.1, 0.15) is 0 Å². The van der Waals surface area contributed by atoms with Gasteiger partial charge in [-0.3, -0.25) is 5.41 Å². The van der Waals surface area contributed by atoms with Crippen molar-refractivity contribution >= 4 is 5.84 Å². The third-order valence-corrected chi connectivity index (χ3v) is 2.82. The minimum atomic E-state index is 0.119. The van der Waals surface area contributed by atoms with E-state index in [1.165, 1.54) is 11.1 Å². The molecular formula is C13H21N3. The highest BCUT2D eigenvalue weighted by molar-refractivity contribution is 5.79. The average Bonchev–Trinajstić information content (AvgIpc) is 2.21. The number of benzene rings is 1. The molecule has 3 N–H and O–H groups in total. The van der Waals surface area contributed by atoms with E-state index in [2.05, 4.69) is 43.1 Å². The van der Waals surface area contributed by atoms with Gasteiger partial charge in [-0.25, -0.2) is 0 Å². The topological polar surface area (TPSA) is 53.1 Å². The second-order valence-corrected chi connectivity index (χ2v) is 4.48. The van der Waals surface area contributed by atoms with E-state index in [-0.39, 0.29) is 11.8 Å². The van der Waals surface area contributed by atoms with Gasteiger partial charge in [0, 0.05) is 19.0 Å². The van der Waals surface area contributed by atoms with Crippen molar-refractivity contribution in [3.8, 4) is 0 Å². The maximum Gasteiger partial charge on any atom is 0.0947 e. The zero-order chi connectivity index (χ0) is 12.1. The molecule has 0 aliphatic heterocycles. The summed E-state index contributed by atoms with van der Waals surface area (Å²) in [6.07, 6.45) is 0.